The Morgan fingerprint density at radius 1 is 1.27 bits per heavy atom. The summed E-state index contributed by atoms with van der Waals surface area (Å²) in [4.78, 5) is 28.6. The molecule has 0 saturated heterocycles. The summed E-state index contributed by atoms with van der Waals surface area (Å²) in [5.41, 5.74) is 0.524. The molecule has 0 atom stereocenters. The van der Waals surface area contributed by atoms with Crippen molar-refractivity contribution in [1.82, 2.24) is 19.6 Å². The fourth-order valence-corrected chi connectivity index (χ4v) is 3.28. The van der Waals surface area contributed by atoms with E-state index in [9.17, 15) is 23.1 Å². The third-order valence-corrected chi connectivity index (χ3v) is 4.71. The fraction of sp³-hybridized carbons (Fsp3) is 0.143. The Balaban J connectivity index is 0.00000243. The second kappa shape index (κ2) is 7.99. The molecule has 0 amide bonds. The molecule has 0 saturated carbocycles. The van der Waals surface area contributed by atoms with Gasteiger partial charge in [-0.15, -0.1) is 0 Å². The number of aromatic amines is 1. The average molecular weight is 385 g/mol. The number of sulfonamides is 1. The van der Waals surface area contributed by atoms with E-state index in [4.69, 9.17) is 0 Å². The van der Waals surface area contributed by atoms with Gasteiger partial charge in [-0.1, -0.05) is 12.1 Å². The Labute approximate surface area is 169 Å². The van der Waals surface area contributed by atoms with Crippen LogP contribution in [0.1, 0.15) is 15.9 Å². The number of anilines is 1. The fourth-order valence-electron chi connectivity index (χ4n) is 2.20. The molecule has 0 unspecified atom stereocenters. The van der Waals surface area contributed by atoms with Gasteiger partial charge in [0.05, 0.1) is 24.2 Å². The topological polar surface area (TPSA) is 149 Å². The van der Waals surface area contributed by atoms with E-state index in [2.05, 4.69) is 19.8 Å². The summed E-state index contributed by atoms with van der Waals surface area (Å²) in [6.07, 6.45) is 2.71. The Kier molecular flexibility index (Phi) is 6.18. The average Bonchev–Trinajstić information content (AvgIpc) is 2.98. The van der Waals surface area contributed by atoms with Crippen LogP contribution in [0.25, 0.3) is 5.65 Å². The molecule has 3 rings (SSSR count). The van der Waals surface area contributed by atoms with E-state index in [-0.39, 0.29) is 58.6 Å². The van der Waals surface area contributed by atoms with Gasteiger partial charge in [0.25, 0.3) is 0 Å². The van der Waals surface area contributed by atoms with Gasteiger partial charge in [0.2, 0.25) is 10.0 Å². The van der Waals surface area contributed by atoms with Gasteiger partial charge < -0.3 is 9.90 Å². The molecule has 130 valence electrons. The third-order valence-electron chi connectivity index (χ3n) is 3.42. The van der Waals surface area contributed by atoms with Gasteiger partial charge in [-0.3, -0.25) is 9.71 Å². The van der Waals surface area contributed by atoms with Crippen molar-refractivity contribution < 1.29 is 47.9 Å². The van der Waals surface area contributed by atoms with Crippen LogP contribution in [0.5, 0.6) is 0 Å². The molecule has 10 nitrogen and oxygen atoms in total. The number of hydrogen-bond acceptors (Lipinski definition) is 7. The van der Waals surface area contributed by atoms with E-state index in [1.807, 2.05) is 0 Å². The molecule has 0 fully saturated rings. The predicted octanol–water partition coefficient (Wildman–Crippen LogP) is -4.23. The Morgan fingerprint density at radius 2 is 1.96 bits per heavy atom. The van der Waals surface area contributed by atoms with Crippen LogP contribution >= 0.6 is 0 Å². The third kappa shape index (κ3) is 4.49. The number of nitrogens with one attached hydrogen (secondary N) is 2. The summed E-state index contributed by atoms with van der Waals surface area (Å²) < 4.78 is 27.7. The number of hydrogen-bond donors (Lipinski definition) is 2. The summed E-state index contributed by atoms with van der Waals surface area (Å²) in [5, 5.41) is 14.5. The first-order valence-corrected chi connectivity index (χ1v) is 8.73. The first kappa shape index (κ1) is 20.1. The smallest absolute Gasteiger partial charge is 0.545 e. The van der Waals surface area contributed by atoms with Crippen molar-refractivity contribution in [3.63, 3.8) is 0 Å². The molecule has 26 heavy (non-hydrogen) atoms. The van der Waals surface area contributed by atoms with Crippen LogP contribution in [-0.2, 0) is 16.4 Å². The van der Waals surface area contributed by atoms with Crippen molar-refractivity contribution in [3.05, 3.63) is 58.4 Å². The van der Waals surface area contributed by atoms with Crippen LogP contribution in [0.15, 0.2) is 41.6 Å². The van der Waals surface area contributed by atoms with Crippen molar-refractivity contribution in [2.24, 2.45) is 0 Å². The van der Waals surface area contributed by atoms with Gasteiger partial charge >= 0.3 is 35.2 Å². The maximum Gasteiger partial charge on any atom is 1.00 e. The molecule has 0 aliphatic heterocycles. The molecule has 2 heterocycles. The quantitative estimate of drug-likeness (QED) is 0.408. The summed E-state index contributed by atoms with van der Waals surface area (Å²) in [6.45, 7) is 0. The number of aryl methyl sites for hydroxylation is 1. The zero-order chi connectivity index (χ0) is 18.0. The number of fused-ring (bicyclic) bond motifs is 1. The minimum absolute atomic E-state index is 0. The van der Waals surface area contributed by atoms with Crippen LogP contribution in [0, 0.1) is 0 Å². The van der Waals surface area contributed by atoms with E-state index >= 15 is 0 Å². The summed E-state index contributed by atoms with van der Waals surface area (Å²) in [5.74, 6) is -1.60. The molecule has 2 N–H and O–H groups in total. The zero-order valence-corrected chi connectivity index (χ0v) is 16.5. The van der Waals surface area contributed by atoms with Crippen molar-refractivity contribution in [3.8, 4) is 0 Å². The molecule has 0 aliphatic rings. The molecule has 3 aromatic rings. The maximum absolute atomic E-state index is 12.2. The second-order valence-corrected chi connectivity index (χ2v) is 6.99. The largest absolute Gasteiger partial charge is 1.00 e. The van der Waals surface area contributed by atoms with E-state index < -0.39 is 21.7 Å². The van der Waals surface area contributed by atoms with Crippen LogP contribution in [0.3, 0.4) is 0 Å². The van der Waals surface area contributed by atoms with Gasteiger partial charge in [-0.25, -0.2) is 18.2 Å². The van der Waals surface area contributed by atoms with Crippen molar-refractivity contribution in [1.29, 1.82) is 0 Å². The van der Waals surface area contributed by atoms with E-state index in [0.29, 0.717) is 5.56 Å². The zero-order valence-electron chi connectivity index (χ0n) is 13.7. The summed E-state index contributed by atoms with van der Waals surface area (Å²) >= 11 is 0. The van der Waals surface area contributed by atoms with Gasteiger partial charge in [-0.2, -0.15) is 9.61 Å². The number of aromatic carboxylic acids is 1. The number of nitrogens with zero attached hydrogens (tertiary/aromatic N) is 3. The van der Waals surface area contributed by atoms with E-state index in [1.165, 1.54) is 36.8 Å². The van der Waals surface area contributed by atoms with E-state index in [1.54, 1.807) is 0 Å². The van der Waals surface area contributed by atoms with Crippen molar-refractivity contribution in [2.75, 3.05) is 10.5 Å². The number of carboxylic acid groups (broad SMARTS) is 1. The Hall–Kier alpha value is -2.21. The monoisotopic (exact) mass is 385 g/mol. The minimum atomic E-state index is -3.69. The molecular formula is C14H12N5NaO5S. The first-order valence-electron chi connectivity index (χ1n) is 7.08. The minimum Gasteiger partial charge on any atom is -0.545 e. The van der Waals surface area contributed by atoms with Crippen LogP contribution < -0.4 is 45.1 Å². The number of carbonyl (C=O) groups excluding carboxylic acids is 1. The number of benzene rings is 1. The van der Waals surface area contributed by atoms with Gasteiger partial charge in [-0.05, 0) is 24.1 Å². The van der Waals surface area contributed by atoms with Crippen molar-refractivity contribution >= 4 is 27.3 Å². The number of carbonyl (C=O) groups is 1. The molecule has 0 spiro atoms. The molecular weight excluding hydrogens is 373 g/mol. The normalized spacial score (nSPS) is 11.1. The first-order chi connectivity index (χ1) is 11.9. The molecule has 0 bridgehead atoms. The molecule has 0 aliphatic carbocycles. The standard InChI is InChI=1S/C14H13N5O5S.Na/c20-13(21)9-1-3-11(4-2-9)18-25(23,24)6-5-10-7-17-19-12(10)15-8-16-14(19)22;/h1-4,7-8,18H,5-6H2,(H,20,21)(H,15,16,22);/q;+1/p-1. The van der Waals surface area contributed by atoms with Gasteiger partial charge in [0, 0.05) is 11.3 Å². The van der Waals surface area contributed by atoms with Crippen LogP contribution in [-0.4, -0.2) is 39.7 Å². The van der Waals surface area contributed by atoms with Gasteiger partial charge in [0.1, 0.15) is 0 Å². The summed E-state index contributed by atoms with van der Waals surface area (Å²) in [6, 6.07) is 5.15. The predicted molar refractivity (Wildman–Crippen MR) is 85.5 cm³/mol. The molecule has 2 aromatic heterocycles. The number of H-pyrrole nitrogens is 1. The summed E-state index contributed by atoms with van der Waals surface area (Å²) in [7, 11) is -3.69. The number of rotatable bonds is 6. The molecule has 12 heteroatoms. The Bertz CT molecular complexity index is 1090. The maximum atomic E-state index is 12.2. The number of carboxylic acids is 1. The van der Waals surface area contributed by atoms with Crippen molar-refractivity contribution in [2.45, 2.75) is 6.42 Å². The van der Waals surface area contributed by atoms with Crippen LogP contribution in [0.2, 0.25) is 0 Å². The Morgan fingerprint density at radius 3 is 2.62 bits per heavy atom. The second-order valence-electron chi connectivity index (χ2n) is 5.15. The molecule has 1 aromatic carbocycles. The molecule has 0 radical (unpaired) electrons. The SMILES string of the molecule is O=C([O-])c1ccc(NS(=O)(=O)CCc2cnn3c(=O)[nH]cnc23)cc1.[Na+]. The van der Waals surface area contributed by atoms with Gasteiger partial charge in [0.15, 0.2) is 5.65 Å². The number of aromatic nitrogens is 4. The van der Waals surface area contributed by atoms with Crippen LogP contribution in [0.4, 0.5) is 5.69 Å². The van der Waals surface area contributed by atoms with E-state index in [0.717, 1.165) is 4.52 Å².